The molecule has 0 radical (unpaired) electrons. The molecule has 0 fully saturated rings. The highest BCUT2D eigenvalue weighted by atomic mass is 79.9. The predicted molar refractivity (Wildman–Crippen MR) is 78.6 cm³/mol. The van der Waals surface area contributed by atoms with Gasteiger partial charge in [0.2, 0.25) is 0 Å². The standard InChI is InChI=1S/C16H15BrFN/c17-15-6-5-14(18)7-13(15)10-16(19)8-11-3-1-2-4-12(11)9-16/h1-7H,8-10,19H2. The van der Waals surface area contributed by atoms with Crippen molar-refractivity contribution in [3.05, 3.63) is 69.4 Å². The van der Waals surface area contributed by atoms with Gasteiger partial charge in [0.15, 0.2) is 0 Å². The van der Waals surface area contributed by atoms with Gasteiger partial charge in [-0.2, -0.15) is 0 Å². The average Bonchev–Trinajstić information content (AvgIpc) is 2.69. The molecule has 0 saturated heterocycles. The first kappa shape index (κ1) is 12.8. The first-order valence-corrected chi connectivity index (χ1v) is 7.15. The highest BCUT2D eigenvalue weighted by molar-refractivity contribution is 9.10. The maximum Gasteiger partial charge on any atom is 0.123 e. The zero-order chi connectivity index (χ0) is 13.5. The quantitative estimate of drug-likeness (QED) is 0.898. The Hall–Kier alpha value is -1.19. The minimum absolute atomic E-state index is 0.211. The SMILES string of the molecule is NC1(Cc2cc(F)ccc2Br)Cc2ccccc2C1. The van der Waals surface area contributed by atoms with Crippen LogP contribution in [0.25, 0.3) is 0 Å². The molecule has 0 aliphatic heterocycles. The van der Waals surface area contributed by atoms with Crippen molar-refractivity contribution in [1.29, 1.82) is 0 Å². The zero-order valence-corrected chi connectivity index (χ0v) is 12.1. The Morgan fingerprint density at radius 3 is 2.37 bits per heavy atom. The van der Waals surface area contributed by atoms with E-state index in [9.17, 15) is 4.39 Å². The maximum absolute atomic E-state index is 13.3. The van der Waals surface area contributed by atoms with Crippen LogP contribution in [0.4, 0.5) is 4.39 Å². The molecule has 3 heteroatoms. The molecule has 2 aromatic rings. The van der Waals surface area contributed by atoms with Crippen molar-refractivity contribution in [3.63, 3.8) is 0 Å². The third kappa shape index (κ3) is 2.58. The van der Waals surface area contributed by atoms with Crippen LogP contribution in [-0.4, -0.2) is 5.54 Å². The molecule has 0 aromatic heterocycles. The van der Waals surface area contributed by atoms with E-state index in [1.165, 1.54) is 17.2 Å². The van der Waals surface area contributed by atoms with Gasteiger partial charge in [0, 0.05) is 10.0 Å². The van der Waals surface area contributed by atoms with Crippen molar-refractivity contribution < 1.29 is 4.39 Å². The van der Waals surface area contributed by atoms with Crippen LogP contribution in [0.2, 0.25) is 0 Å². The summed E-state index contributed by atoms with van der Waals surface area (Å²) in [6, 6.07) is 13.1. The number of hydrogen-bond donors (Lipinski definition) is 1. The van der Waals surface area contributed by atoms with Gasteiger partial charge >= 0.3 is 0 Å². The van der Waals surface area contributed by atoms with Crippen molar-refractivity contribution in [3.8, 4) is 0 Å². The largest absolute Gasteiger partial charge is 0.324 e. The molecule has 1 aliphatic carbocycles. The van der Waals surface area contributed by atoms with Crippen LogP contribution in [0.15, 0.2) is 46.9 Å². The van der Waals surface area contributed by atoms with Gasteiger partial charge in [-0.15, -0.1) is 0 Å². The molecule has 2 aromatic carbocycles. The van der Waals surface area contributed by atoms with Crippen molar-refractivity contribution in [2.24, 2.45) is 5.73 Å². The Morgan fingerprint density at radius 2 is 1.74 bits per heavy atom. The van der Waals surface area contributed by atoms with Gasteiger partial charge in [0.05, 0.1) is 0 Å². The summed E-state index contributed by atoms with van der Waals surface area (Å²) in [4.78, 5) is 0. The lowest BCUT2D eigenvalue weighted by Gasteiger charge is -2.24. The van der Waals surface area contributed by atoms with Gasteiger partial charge in [-0.25, -0.2) is 4.39 Å². The van der Waals surface area contributed by atoms with E-state index in [1.54, 1.807) is 12.1 Å². The van der Waals surface area contributed by atoms with Crippen LogP contribution >= 0.6 is 15.9 Å². The number of rotatable bonds is 2. The first-order chi connectivity index (χ1) is 9.06. The van der Waals surface area contributed by atoms with Crippen molar-refractivity contribution >= 4 is 15.9 Å². The lowest BCUT2D eigenvalue weighted by molar-refractivity contribution is 0.444. The molecule has 98 valence electrons. The summed E-state index contributed by atoms with van der Waals surface area (Å²) < 4.78 is 14.3. The van der Waals surface area contributed by atoms with Gasteiger partial charge in [-0.1, -0.05) is 40.2 Å². The fourth-order valence-electron chi connectivity index (χ4n) is 2.91. The van der Waals surface area contributed by atoms with Crippen LogP contribution < -0.4 is 5.73 Å². The van der Waals surface area contributed by atoms with E-state index in [-0.39, 0.29) is 11.4 Å². The monoisotopic (exact) mass is 319 g/mol. The maximum atomic E-state index is 13.3. The molecule has 2 N–H and O–H groups in total. The molecule has 0 amide bonds. The molecular weight excluding hydrogens is 305 g/mol. The van der Waals surface area contributed by atoms with Crippen LogP contribution in [0.5, 0.6) is 0 Å². The highest BCUT2D eigenvalue weighted by Crippen LogP contribution is 2.32. The Bertz CT molecular complexity index is 599. The minimum Gasteiger partial charge on any atom is -0.324 e. The van der Waals surface area contributed by atoms with Crippen molar-refractivity contribution in [2.45, 2.75) is 24.8 Å². The van der Waals surface area contributed by atoms with Crippen molar-refractivity contribution in [1.82, 2.24) is 0 Å². The van der Waals surface area contributed by atoms with Gasteiger partial charge in [0.1, 0.15) is 5.82 Å². The topological polar surface area (TPSA) is 26.0 Å². The number of hydrogen-bond acceptors (Lipinski definition) is 1. The molecule has 1 nitrogen and oxygen atoms in total. The smallest absolute Gasteiger partial charge is 0.123 e. The number of nitrogens with two attached hydrogens (primary N) is 1. The summed E-state index contributed by atoms with van der Waals surface area (Å²) >= 11 is 3.47. The summed E-state index contributed by atoms with van der Waals surface area (Å²) in [5.74, 6) is -0.211. The molecule has 0 unspecified atom stereocenters. The minimum atomic E-state index is -0.306. The number of halogens is 2. The van der Waals surface area contributed by atoms with E-state index in [4.69, 9.17) is 5.73 Å². The van der Waals surface area contributed by atoms with Gasteiger partial charge in [0.25, 0.3) is 0 Å². The Labute approximate surface area is 120 Å². The third-order valence-corrected chi connectivity index (χ3v) is 4.53. The summed E-state index contributed by atoms with van der Waals surface area (Å²) in [6.07, 6.45) is 2.39. The second-order valence-electron chi connectivity index (χ2n) is 5.40. The molecule has 19 heavy (non-hydrogen) atoms. The average molecular weight is 320 g/mol. The molecular formula is C16H15BrFN. The second kappa shape index (κ2) is 4.73. The molecule has 0 saturated carbocycles. The van der Waals surface area contributed by atoms with Crippen LogP contribution in [0.3, 0.4) is 0 Å². The predicted octanol–water partition coefficient (Wildman–Crippen LogP) is 3.63. The molecule has 0 atom stereocenters. The van der Waals surface area contributed by atoms with E-state index in [2.05, 4.69) is 28.1 Å². The van der Waals surface area contributed by atoms with Crippen LogP contribution in [-0.2, 0) is 19.3 Å². The fraction of sp³-hybridized carbons (Fsp3) is 0.250. The second-order valence-corrected chi connectivity index (χ2v) is 6.25. The van der Waals surface area contributed by atoms with E-state index in [1.807, 2.05) is 12.1 Å². The summed E-state index contributed by atoms with van der Waals surface area (Å²) in [7, 11) is 0. The molecule has 0 heterocycles. The van der Waals surface area contributed by atoms with Gasteiger partial charge in [-0.3, -0.25) is 0 Å². The summed E-state index contributed by atoms with van der Waals surface area (Å²) in [5, 5.41) is 0. The van der Waals surface area contributed by atoms with Crippen molar-refractivity contribution in [2.75, 3.05) is 0 Å². The fourth-order valence-corrected chi connectivity index (χ4v) is 3.29. The van der Waals surface area contributed by atoms with E-state index >= 15 is 0 Å². The summed E-state index contributed by atoms with van der Waals surface area (Å²) in [6.45, 7) is 0. The highest BCUT2D eigenvalue weighted by Gasteiger charge is 2.33. The number of fused-ring (bicyclic) bond motifs is 1. The molecule has 0 spiro atoms. The molecule has 3 rings (SSSR count). The molecule has 0 bridgehead atoms. The summed E-state index contributed by atoms with van der Waals surface area (Å²) in [5.41, 5.74) is 9.79. The first-order valence-electron chi connectivity index (χ1n) is 6.35. The molecule has 1 aliphatic rings. The van der Waals surface area contributed by atoms with Crippen LogP contribution in [0, 0.1) is 5.82 Å². The normalized spacial score (nSPS) is 16.4. The van der Waals surface area contributed by atoms with E-state index in [0.29, 0.717) is 6.42 Å². The zero-order valence-electron chi connectivity index (χ0n) is 10.5. The Morgan fingerprint density at radius 1 is 1.11 bits per heavy atom. The van der Waals surface area contributed by atoms with Gasteiger partial charge in [-0.05, 0) is 54.2 Å². The van der Waals surface area contributed by atoms with Crippen LogP contribution in [0.1, 0.15) is 16.7 Å². The Kier molecular flexibility index (Phi) is 3.19. The lowest BCUT2D eigenvalue weighted by Crippen LogP contribution is -2.43. The number of benzene rings is 2. The third-order valence-electron chi connectivity index (χ3n) is 3.75. The van der Waals surface area contributed by atoms with E-state index in [0.717, 1.165) is 22.9 Å². The Balaban J connectivity index is 1.87. The van der Waals surface area contributed by atoms with Gasteiger partial charge < -0.3 is 5.73 Å². The lowest BCUT2D eigenvalue weighted by atomic mass is 9.89. The van der Waals surface area contributed by atoms with E-state index < -0.39 is 0 Å².